The molecule has 2 aromatic carbocycles. The molecule has 1 aliphatic carbocycles. The van der Waals surface area contributed by atoms with E-state index >= 15 is 0 Å². The highest BCUT2D eigenvalue weighted by molar-refractivity contribution is 6.39. The van der Waals surface area contributed by atoms with Crippen LogP contribution in [-0.2, 0) is 9.59 Å². The average Bonchev–Trinajstić information content (AvgIpc) is 3.39. The molecule has 126 valence electrons. The Morgan fingerprint density at radius 3 is 2.24 bits per heavy atom. The molecule has 1 saturated carbocycles. The summed E-state index contributed by atoms with van der Waals surface area (Å²) in [7, 11) is 0. The van der Waals surface area contributed by atoms with Gasteiger partial charge in [0.15, 0.2) is 0 Å². The predicted octanol–water partition coefficient (Wildman–Crippen LogP) is 4.08. The van der Waals surface area contributed by atoms with E-state index in [-0.39, 0.29) is 11.8 Å². The third-order valence-corrected chi connectivity index (χ3v) is 4.56. The SMILES string of the molecule is N#Cc1cccc(NC(=O)C2CC2C(=O)Nc2c(Cl)cccc2Cl)c1. The van der Waals surface area contributed by atoms with Gasteiger partial charge in [-0.3, -0.25) is 9.59 Å². The number of rotatable bonds is 4. The zero-order valence-corrected chi connectivity index (χ0v) is 14.4. The summed E-state index contributed by atoms with van der Waals surface area (Å²) in [6.07, 6.45) is 0.456. The number of carbonyl (C=O) groups excluding carboxylic acids is 2. The van der Waals surface area contributed by atoms with Crippen LogP contribution in [0.1, 0.15) is 12.0 Å². The Hall–Kier alpha value is -2.55. The van der Waals surface area contributed by atoms with Crippen LogP contribution in [0.25, 0.3) is 0 Å². The molecule has 25 heavy (non-hydrogen) atoms. The first-order chi connectivity index (χ1) is 12.0. The van der Waals surface area contributed by atoms with Gasteiger partial charge >= 0.3 is 0 Å². The standard InChI is InChI=1S/C18H13Cl2N3O2/c19-14-5-2-6-15(20)16(14)23-18(25)13-8-12(13)17(24)22-11-4-1-3-10(7-11)9-21/h1-7,12-13H,8H2,(H,22,24)(H,23,25). The second-order valence-electron chi connectivity index (χ2n) is 5.72. The summed E-state index contributed by atoms with van der Waals surface area (Å²) < 4.78 is 0. The second-order valence-corrected chi connectivity index (χ2v) is 6.53. The fourth-order valence-corrected chi connectivity index (χ4v) is 3.00. The Balaban J connectivity index is 1.61. The zero-order chi connectivity index (χ0) is 18.0. The monoisotopic (exact) mass is 373 g/mol. The molecule has 1 aliphatic rings. The minimum atomic E-state index is -0.425. The first-order valence-corrected chi connectivity index (χ1v) is 8.31. The highest BCUT2D eigenvalue weighted by Crippen LogP contribution is 2.41. The Morgan fingerprint density at radius 2 is 1.60 bits per heavy atom. The summed E-state index contributed by atoms with van der Waals surface area (Å²) in [4.78, 5) is 24.5. The van der Waals surface area contributed by atoms with Crippen molar-refractivity contribution < 1.29 is 9.59 Å². The number of hydrogen-bond donors (Lipinski definition) is 2. The summed E-state index contributed by atoms with van der Waals surface area (Å²) in [5.41, 5.74) is 1.34. The van der Waals surface area contributed by atoms with Crippen LogP contribution in [0.2, 0.25) is 10.0 Å². The smallest absolute Gasteiger partial charge is 0.228 e. The maximum absolute atomic E-state index is 12.3. The van der Waals surface area contributed by atoms with Crippen molar-refractivity contribution in [2.75, 3.05) is 10.6 Å². The highest BCUT2D eigenvalue weighted by atomic mass is 35.5. The second kappa shape index (κ2) is 7.14. The Morgan fingerprint density at radius 1 is 1.00 bits per heavy atom. The molecule has 2 atom stereocenters. The van der Waals surface area contributed by atoms with Crippen molar-refractivity contribution >= 4 is 46.4 Å². The van der Waals surface area contributed by atoms with E-state index in [9.17, 15) is 9.59 Å². The van der Waals surface area contributed by atoms with Crippen LogP contribution < -0.4 is 10.6 Å². The quantitative estimate of drug-likeness (QED) is 0.846. The van der Waals surface area contributed by atoms with Gasteiger partial charge in [0.25, 0.3) is 0 Å². The van der Waals surface area contributed by atoms with Crippen molar-refractivity contribution in [3.63, 3.8) is 0 Å². The topological polar surface area (TPSA) is 82.0 Å². The maximum atomic E-state index is 12.3. The lowest BCUT2D eigenvalue weighted by molar-refractivity contribution is -0.122. The summed E-state index contributed by atoms with van der Waals surface area (Å²) in [6, 6.07) is 13.6. The number of anilines is 2. The Bertz CT molecular complexity index is 872. The van der Waals surface area contributed by atoms with Crippen LogP contribution in [0.5, 0.6) is 0 Å². The molecule has 5 nitrogen and oxygen atoms in total. The molecule has 2 amide bonds. The fraction of sp³-hybridized carbons (Fsp3) is 0.167. The van der Waals surface area contributed by atoms with E-state index in [1.807, 2.05) is 6.07 Å². The molecule has 3 rings (SSSR count). The first-order valence-electron chi connectivity index (χ1n) is 7.55. The van der Waals surface area contributed by atoms with E-state index < -0.39 is 11.8 Å². The number of hydrogen-bond acceptors (Lipinski definition) is 3. The van der Waals surface area contributed by atoms with Crippen LogP contribution in [0, 0.1) is 23.2 Å². The molecule has 0 saturated heterocycles. The van der Waals surface area contributed by atoms with Crippen LogP contribution in [0.3, 0.4) is 0 Å². The van der Waals surface area contributed by atoms with Crippen LogP contribution >= 0.6 is 23.2 Å². The lowest BCUT2D eigenvalue weighted by Crippen LogP contribution is -2.20. The lowest BCUT2D eigenvalue weighted by Gasteiger charge is -2.09. The molecule has 7 heteroatoms. The Kier molecular flexibility index (Phi) is 4.93. The van der Waals surface area contributed by atoms with E-state index in [4.69, 9.17) is 28.5 Å². The normalized spacial score (nSPS) is 18.1. The number of benzene rings is 2. The zero-order valence-electron chi connectivity index (χ0n) is 12.9. The van der Waals surface area contributed by atoms with E-state index in [1.54, 1.807) is 42.5 Å². The first kappa shape index (κ1) is 17.3. The van der Waals surface area contributed by atoms with E-state index in [1.165, 1.54) is 0 Å². The molecule has 1 fully saturated rings. The molecule has 0 spiro atoms. The number of nitrogens with one attached hydrogen (secondary N) is 2. The van der Waals surface area contributed by atoms with Gasteiger partial charge in [0.2, 0.25) is 11.8 Å². The summed E-state index contributed by atoms with van der Waals surface area (Å²) in [5, 5.41) is 15.0. The van der Waals surface area contributed by atoms with E-state index in [0.717, 1.165) is 0 Å². The van der Waals surface area contributed by atoms with Gasteiger partial charge < -0.3 is 10.6 Å². The molecule has 2 N–H and O–H groups in total. The predicted molar refractivity (Wildman–Crippen MR) is 96.5 cm³/mol. The van der Waals surface area contributed by atoms with Crippen LogP contribution in [0.4, 0.5) is 11.4 Å². The van der Waals surface area contributed by atoms with Crippen molar-refractivity contribution in [1.82, 2.24) is 0 Å². The molecule has 0 aromatic heterocycles. The summed E-state index contributed by atoms with van der Waals surface area (Å²) in [5.74, 6) is -1.38. The molecule has 0 aliphatic heterocycles. The minimum Gasteiger partial charge on any atom is -0.326 e. The molecule has 0 heterocycles. The molecular weight excluding hydrogens is 361 g/mol. The van der Waals surface area contributed by atoms with Gasteiger partial charge in [0.1, 0.15) is 0 Å². The van der Waals surface area contributed by atoms with Crippen molar-refractivity contribution in [2.45, 2.75) is 6.42 Å². The largest absolute Gasteiger partial charge is 0.326 e. The highest BCUT2D eigenvalue weighted by Gasteiger charge is 2.48. The van der Waals surface area contributed by atoms with Crippen LogP contribution in [-0.4, -0.2) is 11.8 Å². The van der Waals surface area contributed by atoms with Crippen molar-refractivity contribution in [3.05, 3.63) is 58.1 Å². The van der Waals surface area contributed by atoms with E-state index in [2.05, 4.69) is 10.6 Å². The minimum absolute atomic E-state index is 0.250. The van der Waals surface area contributed by atoms with Gasteiger partial charge in [0.05, 0.1) is 39.2 Å². The number of para-hydroxylation sites is 1. The van der Waals surface area contributed by atoms with Crippen molar-refractivity contribution in [2.24, 2.45) is 11.8 Å². The molecule has 2 unspecified atom stereocenters. The van der Waals surface area contributed by atoms with Crippen molar-refractivity contribution in [3.8, 4) is 6.07 Å². The molecule has 0 radical (unpaired) electrons. The van der Waals surface area contributed by atoms with Crippen LogP contribution in [0.15, 0.2) is 42.5 Å². The number of halogens is 2. The summed E-state index contributed by atoms with van der Waals surface area (Å²) >= 11 is 12.1. The van der Waals surface area contributed by atoms with Gasteiger partial charge in [-0.2, -0.15) is 5.26 Å². The fourth-order valence-electron chi connectivity index (χ4n) is 2.51. The molecule has 2 aromatic rings. The lowest BCUT2D eigenvalue weighted by atomic mass is 10.2. The number of nitriles is 1. The van der Waals surface area contributed by atoms with Gasteiger partial charge in [-0.25, -0.2) is 0 Å². The third-order valence-electron chi connectivity index (χ3n) is 3.93. The van der Waals surface area contributed by atoms with Gasteiger partial charge in [-0.05, 0) is 36.8 Å². The number of amides is 2. The average molecular weight is 374 g/mol. The number of nitrogens with zero attached hydrogens (tertiary/aromatic N) is 1. The van der Waals surface area contributed by atoms with Gasteiger partial charge in [-0.1, -0.05) is 35.3 Å². The molecular formula is C18H13Cl2N3O2. The third kappa shape index (κ3) is 3.93. The maximum Gasteiger partial charge on any atom is 0.228 e. The summed E-state index contributed by atoms with van der Waals surface area (Å²) in [6.45, 7) is 0. The Labute approximate surface area is 154 Å². The van der Waals surface area contributed by atoms with Gasteiger partial charge in [0, 0.05) is 5.69 Å². The van der Waals surface area contributed by atoms with E-state index in [0.29, 0.717) is 33.4 Å². The van der Waals surface area contributed by atoms with Crippen molar-refractivity contribution in [1.29, 1.82) is 5.26 Å². The molecule has 0 bridgehead atoms. The van der Waals surface area contributed by atoms with Gasteiger partial charge in [-0.15, -0.1) is 0 Å². The number of carbonyl (C=O) groups is 2.